The molecule has 0 saturated heterocycles. The standard InChI is InChI=1S/C28H31FN4O2S/c1-17-9-13-19(14-10-17)33-27-24(26(31-33)28(2,3)4)25(20-7-5-6-8-21(20)29)36-16-23(35)32(27)15-22(34)30-18-11-12-18/h5-10,13-14,18,25H,11-12,15-16H2,1-4H3,(H,30,34)/t25-/m0/s1. The summed E-state index contributed by atoms with van der Waals surface area (Å²) in [6.45, 7) is 8.10. The van der Waals surface area contributed by atoms with E-state index in [1.165, 1.54) is 17.8 Å². The minimum absolute atomic E-state index is 0.103. The van der Waals surface area contributed by atoms with Crippen molar-refractivity contribution in [1.82, 2.24) is 15.1 Å². The maximum absolute atomic E-state index is 15.2. The number of hydrogen-bond donors (Lipinski definition) is 1. The van der Waals surface area contributed by atoms with Gasteiger partial charge in [0.25, 0.3) is 0 Å². The van der Waals surface area contributed by atoms with Crippen LogP contribution in [0.5, 0.6) is 0 Å². The van der Waals surface area contributed by atoms with Gasteiger partial charge in [-0.1, -0.05) is 56.7 Å². The first-order valence-corrected chi connectivity index (χ1v) is 13.3. The lowest BCUT2D eigenvalue weighted by molar-refractivity contribution is -0.123. The smallest absolute Gasteiger partial charge is 0.240 e. The fraction of sp³-hybridized carbons (Fsp3) is 0.393. The van der Waals surface area contributed by atoms with Crippen molar-refractivity contribution in [2.24, 2.45) is 0 Å². The zero-order chi connectivity index (χ0) is 25.6. The van der Waals surface area contributed by atoms with Crippen LogP contribution >= 0.6 is 11.8 Å². The Hall–Kier alpha value is -3.13. The van der Waals surface area contributed by atoms with Crippen LogP contribution in [0.25, 0.3) is 5.69 Å². The lowest BCUT2D eigenvalue weighted by Gasteiger charge is -2.24. The molecule has 1 N–H and O–H groups in total. The largest absolute Gasteiger partial charge is 0.352 e. The second-order valence-corrected chi connectivity index (χ2v) is 11.7. The number of aromatic nitrogens is 2. The molecule has 6 nitrogen and oxygen atoms in total. The van der Waals surface area contributed by atoms with Gasteiger partial charge in [0.15, 0.2) is 0 Å². The summed E-state index contributed by atoms with van der Waals surface area (Å²) in [6.07, 6.45) is 1.93. The minimum Gasteiger partial charge on any atom is -0.352 e. The number of fused-ring (bicyclic) bond motifs is 1. The number of aryl methyl sites for hydroxylation is 1. The molecule has 0 radical (unpaired) electrons. The van der Waals surface area contributed by atoms with E-state index in [1.807, 2.05) is 37.3 Å². The molecule has 36 heavy (non-hydrogen) atoms. The fourth-order valence-electron chi connectivity index (χ4n) is 4.52. The van der Waals surface area contributed by atoms with Crippen LogP contribution in [0.1, 0.15) is 61.2 Å². The highest BCUT2D eigenvalue weighted by atomic mass is 32.2. The third kappa shape index (κ3) is 4.78. The Bertz CT molecular complexity index is 1310. The molecule has 188 valence electrons. The molecule has 1 fully saturated rings. The van der Waals surface area contributed by atoms with Gasteiger partial charge in [0, 0.05) is 22.6 Å². The van der Waals surface area contributed by atoms with Crippen molar-refractivity contribution in [2.75, 3.05) is 17.2 Å². The number of rotatable bonds is 5. The molecule has 2 heterocycles. The third-order valence-electron chi connectivity index (χ3n) is 6.51. The molecule has 3 aromatic rings. The summed E-state index contributed by atoms with van der Waals surface area (Å²) in [6, 6.07) is 14.8. The summed E-state index contributed by atoms with van der Waals surface area (Å²) < 4.78 is 16.9. The molecule has 0 bridgehead atoms. The molecule has 1 aromatic heterocycles. The molecule has 1 atom stereocenters. The number of anilines is 1. The summed E-state index contributed by atoms with van der Waals surface area (Å²) in [5.41, 5.74) is 3.56. The van der Waals surface area contributed by atoms with E-state index in [4.69, 9.17) is 5.10 Å². The lowest BCUT2D eigenvalue weighted by atomic mass is 9.87. The zero-order valence-corrected chi connectivity index (χ0v) is 21.9. The maximum Gasteiger partial charge on any atom is 0.240 e. The van der Waals surface area contributed by atoms with Crippen LogP contribution in [0.4, 0.5) is 10.2 Å². The SMILES string of the molecule is Cc1ccc(-n2nc(C(C)(C)C)c3c2N(CC(=O)NC2CC2)C(=O)CS[C@H]3c2ccccc2F)cc1. The van der Waals surface area contributed by atoms with Crippen LogP contribution in [0.15, 0.2) is 48.5 Å². The number of carbonyl (C=O) groups is 2. The van der Waals surface area contributed by atoms with Gasteiger partial charge in [0.1, 0.15) is 18.2 Å². The van der Waals surface area contributed by atoms with Crippen LogP contribution < -0.4 is 10.2 Å². The average Bonchev–Trinajstić information content (AvgIpc) is 3.56. The van der Waals surface area contributed by atoms with Gasteiger partial charge in [-0.2, -0.15) is 5.10 Å². The van der Waals surface area contributed by atoms with E-state index in [2.05, 4.69) is 26.1 Å². The molecular weight excluding hydrogens is 475 g/mol. The highest BCUT2D eigenvalue weighted by molar-refractivity contribution is 8.00. The van der Waals surface area contributed by atoms with E-state index < -0.39 is 5.25 Å². The van der Waals surface area contributed by atoms with Gasteiger partial charge in [0.05, 0.1) is 22.4 Å². The Morgan fingerprint density at radius 1 is 1.14 bits per heavy atom. The highest BCUT2D eigenvalue weighted by Gasteiger charge is 2.40. The van der Waals surface area contributed by atoms with Crippen LogP contribution in [-0.4, -0.2) is 39.9 Å². The molecule has 8 heteroatoms. The predicted octanol–water partition coefficient (Wildman–Crippen LogP) is 5.07. The lowest BCUT2D eigenvalue weighted by Crippen LogP contribution is -2.43. The van der Waals surface area contributed by atoms with Gasteiger partial charge in [-0.15, -0.1) is 11.8 Å². The van der Waals surface area contributed by atoms with Crippen molar-refractivity contribution in [1.29, 1.82) is 0 Å². The molecule has 0 unspecified atom stereocenters. The topological polar surface area (TPSA) is 67.2 Å². The van der Waals surface area contributed by atoms with Crippen molar-refractivity contribution < 1.29 is 14.0 Å². The van der Waals surface area contributed by atoms with Gasteiger partial charge in [0.2, 0.25) is 11.8 Å². The van der Waals surface area contributed by atoms with Crippen LogP contribution in [0, 0.1) is 12.7 Å². The Balaban J connectivity index is 1.75. The number of hydrogen-bond acceptors (Lipinski definition) is 4. The molecule has 2 aliphatic rings. The molecule has 0 spiro atoms. The summed E-state index contributed by atoms with van der Waals surface area (Å²) in [5.74, 6) is -0.0453. The summed E-state index contributed by atoms with van der Waals surface area (Å²) >= 11 is 1.38. The number of halogens is 1. The first-order chi connectivity index (χ1) is 17.1. The van der Waals surface area contributed by atoms with E-state index in [1.54, 1.807) is 21.7 Å². The van der Waals surface area contributed by atoms with E-state index in [-0.39, 0.29) is 41.4 Å². The second kappa shape index (κ2) is 9.39. The number of thioether (sulfide) groups is 1. The summed E-state index contributed by atoms with van der Waals surface area (Å²) in [7, 11) is 0. The van der Waals surface area contributed by atoms with Crippen LogP contribution in [0.3, 0.4) is 0 Å². The Labute approximate surface area is 215 Å². The van der Waals surface area contributed by atoms with Crippen LogP contribution in [-0.2, 0) is 15.0 Å². The molecule has 1 aliphatic carbocycles. The van der Waals surface area contributed by atoms with Gasteiger partial charge in [-0.25, -0.2) is 9.07 Å². The first kappa shape index (κ1) is 24.6. The summed E-state index contributed by atoms with van der Waals surface area (Å²) in [4.78, 5) is 28.0. The Kier molecular flexibility index (Phi) is 6.41. The average molecular weight is 507 g/mol. The number of nitrogens with zero attached hydrogens (tertiary/aromatic N) is 3. The quantitative estimate of drug-likeness (QED) is 0.525. The van der Waals surface area contributed by atoms with Crippen molar-refractivity contribution in [2.45, 2.75) is 57.2 Å². The number of nitrogens with one attached hydrogen (secondary N) is 1. The van der Waals surface area contributed by atoms with Gasteiger partial charge in [-0.3, -0.25) is 14.5 Å². The Morgan fingerprint density at radius 2 is 1.83 bits per heavy atom. The van der Waals surface area contributed by atoms with Crippen molar-refractivity contribution in [3.05, 3.63) is 76.7 Å². The number of carbonyl (C=O) groups excluding carboxylic acids is 2. The predicted molar refractivity (Wildman–Crippen MR) is 141 cm³/mol. The van der Waals surface area contributed by atoms with E-state index >= 15 is 4.39 Å². The number of benzene rings is 2. The molecule has 2 amide bonds. The van der Waals surface area contributed by atoms with Crippen LogP contribution in [0.2, 0.25) is 0 Å². The van der Waals surface area contributed by atoms with Crippen molar-refractivity contribution >= 4 is 29.4 Å². The molecule has 1 saturated carbocycles. The van der Waals surface area contributed by atoms with E-state index in [9.17, 15) is 9.59 Å². The zero-order valence-electron chi connectivity index (χ0n) is 21.0. The number of amides is 2. The van der Waals surface area contributed by atoms with Crippen molar-refractivity contribution in [3.8, 4) is 5.69 Å². The monoisotopic (exact) mass is 506 g/mol. The van der Waals surface area contributed by atoms with E-state index in [0.717, 1.165) is 35.3 Å². The molecule has 1 aliphatic heterocycles. The summed E-state index contributed by atoms with van der Waals surface area (Å²) in [5, 5.41) is 7.58. The van der Waals surface area contributed by atoms with Gasteiger partial charge < -0.3 is 5.32 Å². The third-order valence-corrected chi connectivity index (χ3v) is 7.75. The minimum atomic E-state index is -0.449. The van der Waals surface area contributed by atoms with E-state index in [0.29, 0.717) is 11.4 Å². The molecular formula is C28H31FN4O2S. The maximum atomic E-state index is 15.2. The van der Waals surface area contributed by atoms with Gasteiger partial charge in [-0.05, 0) is 38.0 Å². The normalized spacial score (nSPS) is 18.1. The Morgan fingerprint density at radius 3 is 2.47 bits per heavy atom. The first-order valence-electron chi connectivity index (χ1n) is 12.3. The molecule has 2 aromatic carbocycles. The highest BCUT2D eigenvalue weighted by Crippen LogP contribution is 2.48. The van der Waals surface area contributed by atoms with Crippen molar-refractivity contribution in [3.63, 3.8) is 0 Å². The molecule has 5 rings (SSSR count). The fourth-order valence-corrected chi connectivity index (χ4v) is 5.74. The van der Waals surface area contributed by atoms with Gasteiger partial charge >= 0.3 is 0 Å². The second-order valence-electron chi connectivity index (χ2n) is 10.6.